The Morgan fingerprint density at radius 1 is 1.21 bits per heavy atom. The van der Waals surface area contributed by atoms with Gasteiger partial charge in [-0.05, 0) is 37.5 Å². The van der Waals surface area contributed by atoms with Crippen LogP contribution in [0.25, 0.3) is 0 Å². The van der Waals surface area contributed by atoms with Crippen LogP contribution in [0, 0.1) is 17.8 Å². The van der Waals surface area contributed by atoms with Crippen molar-refractivity contribution in [3.05, 3.63) is 0 Å². The van der Waals surface area contributed by atoms with E-state index in [0.29, 0.717) is 5.92 Å². The SMILES string of the molecule is CC1CC(C)CC(N)(C2CCOC2)C1. The van der Waals surface area contributed by atoms with E-state index in [1.54, 1.807) is 0 Å². The van der Waals surface area contributed by atoms with Gasteiger partial charge in [-0.25, -0.2) is 0 Å². The lowest BCUT2D eigenvalue weighted by Gasteiger charge is -2.43. The van der Waals surface area contributed by atoms with E-state index in [-0.39, 0.29) is 5.54 Å². The maximum atomic E-state index is 6.57. The zero-order valence-electron chi connectivity index (χ0n) is 9.46. The lowest BCUT2D eigenvalue weighted by Crippen LogP contribution is -2.52. The largest absolute Gasteiger partial charge is 0.381 e. The van der Waals surface area contributed by atoms with Gasteiger partial charge in [-0.15, -0.1) is 0 Å². The van der Waals surface area contributed by atoms with E-state index in [2.05, 4.69) is 13.8 Å². The van der Waals surface area contributed by atoms with E-state index in [0.717, 1.165) is 25.0 Å². The second kappa shape index (κ2) is 3.82. The molecule has 2 fully saturated rings. The van der Waals surface area contributed by atoms with Gasteiger partial charge in [0.05, 0.1) is 6.61 Å². The topological polar surface area (TPSA) is 35.2 Å². The first-order valence-corrected chi connectivity index (χ1v) is 5.97. The quantitative estimate of drug-likeness (QED) is 0.699. The standard InChI is InChI=1S/C12H23NO/c1-9-5-10(2)7-12(13,6-9)11-3-4-14-8-11/h9-11H,3-8,13H2,1-2H3. The second-order valence-corrected chi connectivity index (χ2v) is 5.65. The van der Waals surface area contributed by atoms with Gasteiger partial charge in [-0.2, -0.15) is 0 Å². The average Bonchev–Trinajstić information content (AvgIpc) is 2.52. The van der Waals surface area contributed by atoms with Crippen LogP contribution in [0.5, 0.6) is 0 Å². The smallest absolute Gasteiger partial charge is 0.0512 e. The number of hydrogen-bond donors (Lipinski definition) is 1. The van der Waals surface area contributed by atoms with E-state index in [1.807, 2.05) is 0 Å². The van der Waals surface area contributed by atoms with E-state index in [1.165, 1.54) is 25.7 Å². The third kappa shape index (κ3) is 1.96. The van der Waals surface area contributed by atoms with Gasteiger partial charge in [0.2, 0.25) is 0 Å². The van der Waals surface area contributed by atoms with Gasteiger partial charge in [0.25, 0.3) is 0 Å². The Balaban J connectivity index is 2.05. The Bertz CT molecular complexity index is 188. The van der Waals surface area contributed by atoms with Crippen LogP contribution >= 0.6 is 0 Å². The zero-order chi connectivity index (χ0) is 10.2. The number of nitrogens with two attached hydrogens (primary N) is 1. The molecular formula is C12H23NO. The van der Waals surface area contributed by atoms with Crippen molar-refractivity contribution in [3.63, 3.8) is 0 Å². The minimum atomic E-state index is 0.0770. The normalized spacial score (nSPS) is 49.5. The molecule has 2 N–H and O–H groups in total. The molecule has 3 atom stereocenters. The molecule has 1 aliphatic carbocycles. The molecule has 2 nitrogen and oxygen atoms in total. The number of ether oxygens (including phenoxy) is 1. The number of hydrogen-bond acceptors (Lipinski definition) is 2. The summed E-state index contributed by atoms with van der Waals surface area (Å²) >= 11 is 0. The van der Waals surface area contributed by atoms with E-state index >= 15 is 0 Å². The van der Waals surface area contributed by atoms with Crippen LogP contribution in [0.4, 0.5) is 0 Å². The third-order valence-electron chi connectivity index (χ3n) is 4.00. The van der Waals surface area contributed by atoms with E-state index in [4.69, 9.17) is 10.5 Å². The summed E-state index contributed by atoms with van der Waals surface area (Å²) in [6, 6.07) is 0. The van der Waals surface area contributed by atoms with Gasteiger partial charge < -0.3 is 10.5 Å². The molecule has 0 aromatic heterocycles. The van der Waals surface area contributed by atoms with Gasteiger partial charge in [0, 0.05) is 18.1 Å². The summed E-state index contributed by atoms with van der Waals surface area (Å²) in [6.45, 7) is 6.50. The summed E-state index contributed by atoms with van der Waals surface area (Å²) in [7, 11) is 0. The highest BCUT2D eigenvalue weighted by molar-refractivity contribution is 4.98. The molecule has 1 saturated carbocycles. The van der Waals surface area contributed by atoms with Crippen molar-refractivity contribution in [2.75, 3.05) is 13.2 Å². The molecular weight excluding hydrogens is 174 g/mol. The Morgan fingerprint density at radius 2 is 1.86 bits per heavy atom. The fourth-order valence-corrected chi connectivity index (χ4v) is 3.56. The van der Waals surface area contributed by atoms with Crippen molar-refractivity contribution in [1.29, 1.82) is 0 Å². The molecule has 2 heteroatoms. The van der Waals surface area contributed by atoms with Gasteiger partial charge >= 0.3 is 0 Å². The Hall–Kier alpha value is -0.0800. The third-order valence-corrected chi connectivity index (χ3v) is 4.00. The van der Waals surface area contributed by atoms with Crippen LogP contribution in [0.3, 0.4) is 0 Å². The molecule has 2 aliphatic rings. The highest BCUT2D eigenvalue weighted by Gasteiger charge is 2.42. The predicted molar refractivity (Wildman–Crippen MR) is 58.0 cm³/mol. The molecule has 82 valence electrons. The second-order valence-electron chi connectivity index (χ2n) is 5.65. The molecule has 3 unspecified atom stereocenters. The van der Waals surface area contributed by atoms with Gasteiger partial charge in [0.15, 0.2) is 0 Å². The van der Waals surface area contributed by atoms with Crippen LogP contribution in [0.1, 0.15) is 39.5 Å². The van der Waals surface area contributed by atoms with Crippen molar-refractivity contribution in [2.45, 2.75) is 45.1 Å². The van der Waals surface area contributed by atoms with Gasteiger partial charge in [-0.1, -0.05) is 13.8 Å². The van der Waals surface area contributed by atoms with Crippen molar-refractivity contribution in [2.24, 2.45) is 23.5 Å². The highest BCUT2D eigenvalue weighted by Crippen LogP contribution is 2.41. The fraction of sp³-hybridized carbons (Fsp3) is 1.00. The minimum absolute atomic E-state index is 0.0770. The molecule has 0 amide bonds. The Morgan fingerprint density at radius 3 is 2.36 bits per heavy atom. The Kier molecular flexibility index (Phi) is 2.85. The Labute approximate surface area is 87.2 Å². The minimum Gasteiger partial charge on any atom is -0.381 e. The summed E-state index contributed by atoms with van der Waals surface area (Å²) in [5.74, 6) is 2.21. The summed E-state index contributed by atoms with van der Waals surface area (Å²) in [4.78, 5) is 0. The molecule has 2 rings (SSSR count). The molecule has 14 heavy (non-hydrogen) atoms. The summed E-state index contributed by atoms with van der Waals surface area (Å²) < 4.78 is 5.47. The van der Waals surface area contributed by atoms with Gasteiger partial charge in [-0.3, -0.25) is 0 Å². The molecule has 1 aliphatic heterocycles. The fourth-order valence-electron chi connectivity index (χ4n) is 3.56. The average molecular weight is 197 g/mol. The van der Waals surface area contributed by atoms with Gasteiger partial charge in [0.1, 0.15) is 0 Å². The monoisotopic (exact) mass is 197 g/mol. The lowest BCUT2D eigenvalue weighted by molar-refractivity contribution is 0.103. The molecule has 1 heterocycles. The zero-order valence-corrected chi connectivity index (χ0v) is 9.46. The van der Waals surface area contributed by atoms with Crippen molar-refractivity contribution in [1.82, 2.24) is 0 Å². The van der Waals surface area contributed by atoms with Crippen molar-refractivity contribution >= 4 is 0 Å². The maximum absolute atomic E-state index is 6.57. The molecule has 0 aromatic rings. The first-order valence-electron chi connectivity index (χ1n) is 5.97. The summed E-state index contributed by atoms with van der Waals surface area (Å²) in [6.07, 6.45) is 4.93. The summed E-state index contributed by atoms with van der Waals surface area (Å²) in [5.41, 5.74) is 6.64. The first-order chi connectivity index (χ1) is 6.60. The number of rotatable bonds is 1. The maximum Gasteiger partial charge on any atom is 0.0512 e. The lowest BCUT2D eigenvalue weighted by atomic mass is 9.66. The van der Waals surface area contributed by atoms with E-state index in [9.17, 15) is 0 Å². The predicted octanol–water partition coefficient (Wildman–Crippen LogP) is 2.18. The molecule has 1 saturated heterocycles. The first kappa shape index (κ1) is 10.4. The molecule has 0 spiro atoms. The highest BCUT2D eigenvalue weighted by atomic mass is 16.5. The van der Waals surface area contributed by atoms with E-state index < -0.39 is 0 Å². The van der Waals surface area contributed by atoms with Crippen LogP contribution in [0.15, 0.2) is 0 Å². The summed E-state index contributed by atoms with van der Waals surface area (Å²) in [5, 5.41) is 0. The van der Waals surface area contributed by atoms with Crippen molar-refractivity contribution < 1.29 is 4.74 Å². The molecule has 0 bridgehead atoms. The molecule has 0 aromatic carbocycles. The molecule has 0 radical (unpaired) electrons. The van der Waals surface area contributed by atoms with Crippen LogP contribution < -0.4 is 5.73 Å². The van der Waals surface area contributed by atoms with Crippen LogP contribution in [-0.4, -0.2) is 18.8 Å². The van der Waals surface area contributed by atoms with Crippen molar-refractivity contribution in [3.8, 4) is 0 Å². The van der Waals surface area contributed by atoms with Crippen LogP contribution in [0.2, 0.25) is 0 Å². The van der Waals surface area contributed by atoms with Crippen LogP contribution in [-0.2, 0) is 4.74 Å².